The van der Waals surface area contributed by atoms with Crippen LogP contribution in [0.3, 0.4) is 0 Å². The number of likely N-dealkylation sites (tertiary alicyclic amines) is 2. The van der Waals surface area contributed by atoms with Crippen LogP contribution in [0, 0.1) is 18.3 Å². The van der Waals surface area contributed by atoms with Gasteiger partial charge in [0.2, 0.25) is 5.91 Å². The first kappa shape index (κ1) is 21.0. The lowest BCUT2D eigenvalue weighted by Crippen LogP contribution is -2.45. The Morgan fingerprint density at radius 1 is 1.10 bits per heavy atom. The first-order chi connectivity index (χ1) is 14.5. The third-order valence-corrected chi connectivity index (χ3v) is 6.96. The summed E-state index contributed by atoms with van der Waals surface area (Å²) in [6, 6.07) is 15.1. The number of hydrogen-bond acceptors (Lipinski definition) is 3. The van der Waals surface area contributed by atoms with Crippen molar-refractivity contribution in [1.29, 1.82) is 0 Å². The van der Waals surface area contributed by atoms with Gasteiger partial charge >= 0.3 is 0 Å². The average Bonchev–Trinajstić information content (AvgIpc) is 2.97. The van der Waals surface area contributed by atoms with Crippen LogP contribution in [0.4, 0.5) is 0 Å². The molecule has 2 fully saturated rings. The second-order valence-electron chi connectivity index (χ2n) is 9.72. The zero-order valence-corrected chi connectivity index (χ0v) is 18.7. The van der Waals surface area contributed by atoms with Gasteiger partial charge in [0.25, 0.3) is 0 Å². The van der Waals surface area contributed by atoms with Crippen molar-refractivity contribution in [3.63, 3.8) is 0 Å². The van der Waals surface area contributed by atoms with Crippen molar-refractivity contribution < 1.29 is 4.79 Å². The summed E-state index contributed by atoms with van der Waals surface area (Å²) in [4.78, 5) is 22.9. The number of rotatable bonds is 6. The van der Waals surface area contributed by atoms with Crippen LogP contribution < -0.4 is 0 Å². The highest BCUT2D eigenvalue weighted by Gasteiger charge is 2.52. The second-order valence-corrected chi connectivity index (χ2v) is 9.72. The zero-order valence-electron chi connectivity index (χ0n) is 18.7. The minimum Gasteiger partial charge on any atom is -0.339 e. The van der Waals surface area contributed by atoms with E-state index in [1.807, 2.05) is 12.3 Å². The minimum absolute atomic E-state index is 0.163. The Hall–Kier alpha value is -2.20. The summed E-state index contributed by atoms with van der Waals surface area (Å²) in [7, 11) is 0. The number of hydrogen-bond donors (Lipinski definition) is 0. The van der Waals surface area contributed by atoms with E-state index in [0.29, 0.717) is 17.9 Å². The average molecular weight is 406 g/mol. The molecule has 0 aliphatic carbocycles. The largest absolute Gasteiger partial charge is 0.339 e. The van der Waals surface area contributed by atoms with E-state index in [2.05, 4.69) is 72.0 Å². The number of pyridine rings is 1. The maximum Gasteiger partial charge on any atom is 0.229 e. The summed E-state index contributed by atoms with van der Waals surface area (Å²) in [5.74, 6) is 0.903. The Morgan fingerprint density at radius 2 is 1.83 bits per heavy atom. The van der Waals surface area contributed by atoms with Crippen LogP contribution in [0.15, 0.2) is 48.7 Å². The lowest BCUT2D eigenvalue weighted by Gasteiger charge is -2.38. The fourth-order valence-corrected chi connectivity index (χ4v) is 5.27. The fourth-order valence-electron chi connectivity index (χ4n) is 5.27. The lowest BCUT2D eigenvalue weighted by atomic mass is 9.75. The van der Waals surface area contributed by atoms with Gasteiger partial charge in [-0.25, -0.2) is 0 Å². The Kier molecular flexibility index (Phi) is 6.24. The van der Waals surface area contributed by atoms with Gasteiger partial charge in [-0.15, -0.1) is 0 Å². The SMILES string of the molecule is Cc1cccnc1CN1CCC2(CC1)CC(Cc1ccccc1)N(CC(C)C)C2=O. The molecule has 2 aromatic rings. The molecule has 2 saturated heterocycles. The molecular weight excluding hydrogens is 370 g/mol. The highest BCUT2D eigenvalue weighted by molar-refractivity contribution is 5.85. The number of amides is 1. The maximum atomic E-state index is 13.6. The molecule has 0 N–H and O–H groups in total. The predicted molar refractivity (Wildman–Crippen MR) is 121 cm³/mol. The molecule has 30 heavy (non-hydrogen) atoms. The molecule has 2 aliphatic rings. The van der Waals surface area contributed by atoms with E-state index in [9.17, 15) is 4.79 Å². The Morgan fingerprint density at radius 3 is 2.50 bits per heavy atom. The summed E-state index contributed by atoms with van der Waals surface area (Å²) < 4.78 is 0. The molecule has 0 radical (unpaired) electrons. The van der Waals surface area contributed by atoms with Crippen LogP contribution in [0.25, 0.3) is 0 Å². The van der Waals surface area contributed by atoms with Crippen LogP contribution in [0.1, 0.15) is 49.9 Å². The summed E-state index contributed by atoms with van der Waals surface area (Å²) in [6.07, 6.45) is 5.79. The highest BCUT2D eigenvalue weighted by Crippen LogP contribution is 2.45. The normalized spacial score (nSPS) is 21.7. The zero-order chi connectivity index (χ0) is 21.1. The number of aryl methyl sites for hydroxylation is 1. The number of aromatic nitrogens is 1. The standard InChI is InChI=1S/C26H35N3O/c1-20(2)18-29-23(16-22-9-5-4-6-10-22)17-26(25(29)30)11-14-28(15-12-26)19-24-21(3)8-7-13-27-24/h4-10,13,20,23H,11-12,14-19H2,1-3H3. The number of nitrogens with zero attached hydrogens (tertiary/aromatic N) is 3. The molecule has 0 bridgehead atoms. The van der Waals surface area contributed by atoms with Crippen LogP contribution in [-0.2, 0) is 17.8 Å². The number of piperidine rings is 1. The molecule has 4 heteroatoms. The van der Waals surface area contributed by atoms with Gasteiger partial charge in [-0.05, 0) is 68.8 Å². The molecule has 4 nitrogen and oxygen atoms in total. The molecule has 0 saturated carbocycles. The minimum atomic E-state index is -0.163. The molecular formula is C26H35N3O. The first-order valence-corrected chi connectivity index (χ1v) is 11.4. The van der Waals surface area contributed by atoms with E-state index in [-0.39, 0.29) is 5.41 Å². The van der Waals surface area contributed by atoms with Crippen molar-refractivity contribution >= 4 is 5.91 Å². The maximum absolute atomic E-state index is 13.6. The van der Waals surface area contributed by atoms with Crippen molar-refractivity contribution in [2.45, 2.75) is 59.0 Å². The van der Waals surface area contributed by atoms with Crippen LogP contribution in [-0.4, -0.2) is 46.4 Å². The lowest BCUT2D eigenvalue weighted by molar-refractivity contribution is -0.139. The van der Waals surface area contributed by atoms with Crippen LogP contribution in [0.5, 0.6) is 0 Å². The Labute approximate surface area is 181 Å². The summed E-state index contributed by atoms with van der Waals surface area (Å²) >= 11 is 0. The van der Waals surface area contributed by atoms with Gasteiger partial charge in [0.05, 0.1) is 11.1 Å². The third-order valence-electron chi connectivity index (χ3n) is 6.96. The molecule has 1 amide bonds. The molecule has 3 heterocycles. The van der Waals surface area contributed by atoms with Gasteiger partial charge in [0, 0.05) is 25.3 Å². The molecule has 160 valence electrons. The van der Waals surface area contributed by atoms with E-state index in [1.54, 1.807) is 0 Å². The predicted octanol–water partition coefficient (Wildman–Crippen LogP) is 4.47. The summed E-state index contributed by atoms with van der Waals surface area (Å²) in [6.45, 7) is 10.3. The van der Waals surface area contributed by atoms with Crippen molar-refractivity contribution in [3.05, 3.63) is 65.5 Å². The monoisotopic (exact) mass is 405 g/mol. The second kappa shape index (κ2) is 8.89. The molecule has 4 rings (SSSR count). The molecule has 1 unspecified atom stereocenters. The third kappa shape index (κ3) is 4.44. The molecule has 1 aromatic carbocycles. The van der Waals surface area contributed by atoms with Crippen molar-refractivity contribution in [3.8, 4) is 0 Å². The summed E-state index contributed by atoms with van der Waals surface area (Å²) in [5.41, 5.74) is 3.59. The fraction of sp³-hybridized carbons (Fsp3) is 0.538. The molecule has 1 aromatic heterocycles. The van der Waals surface area contributed by atoms with Crippen LogP contribution in [0.2, 0.25) is 0 Å². The van der Waals surface area contributed by atoms with E-state index < -0.39 is 0 Å². The van der Waals surface area contributed by atoms with Gasteiger partial charge < -0.3 is 4.90 Å². The smallest absolute Gasteiger partial charge is 0.229 e. The number of carbonyl (C=O) groups is 1. The van der Waals surface area contributed by atoms with Crippen molar-refractivity contribution in [2.24, 2.45) is 11.3 Å². The van der Waals surface area contributed by atoms with E-state index in [0.717, 1.165) is 57.6 Å². The van der Waals surface area contributed by atoms with Gasteiger partial charge in [-0.3, -0.25) is 14.7 Å². The molecule has 1 atom stereocenters. The van der Waals surface area contributed by atoms with E-state index in [1.165, 1.54) is 11.1 Å². The van der Waals surface area contributed by atoms with E-state index in [4.69, 9.17) is 0 Å². The molecule has 1 spiro atoms. The quantitative estimate of drug-likeness (QED) is 0.711. The van der Waals surface area contributed by atoms with Gasteiger partial charge in [-0.1, -0.05) is 50.2 Å². The Bertz CT molecular complexity index is 856. The highest BCUT2D eigenvalue weighted by atomic mass is 16.2. The van der Waals surface area contributed by atoms with Crippen molar-refractivity contribution in [1.82, 2.24) is 14.8 Å². The van der Waals surface area contributed by atoms with Gasteiger partial charge in [0.1, 0.15) is 0 Å². The van der Waals surface area contributed by atoms with Crippen molar-refractivity contribution in [2.75, 3.05) is 19.6 Å². The number of benzene rings is 1. The first-order valence-electron chi connectivity index (χ1n) is 11.4. The van der Waals surface area contributed by atoms with Crippen LogP contribution >= 0.6 is 0 Å². The summed E-state index contributed by atoms with van der Waals surface area (Å²) in [5, 5.41) is 0. The van der Waals surface area contributed by atoms with E-state index >= 15 is 0 Å². The number of carbonyl (C=O) groups excluding carboxylic acids is 1. The Balaban J connectivity index is 1.45. The van der Waals surface area contributed by atoms with Gasteiger partial charge in [0.15, 0.2) is 0 Å². The molecule has 2 aliphatic heterocycles. The van der Waals surface area contributed by atoms with Gasteiger partial charge in [-0.2, -0.15) is 0 Å². The topological polar surface area (TPSA) is 36.4 Å².